The number of hydrogen-bond donors (Lipinski definition) is 1. The highest BCUT2D eigenvalue weighted by Crippen LogP contribution is 2.34. The molecule has 2 rings (SSSR count). The Morgan fingerprint density at radius 2 is 1.89 bits per heavy atom. The molecule has 18 heavy (non-hydrogen) atoms. The van der Waals surface area contributed by atoms with Crippen LogP contribution in [0.1, 0.15) is 44.7 Å². The van der Waals surface area contributed by atoms with Crippen molar-refractivity contribution < 1.29 is 0 Å². The van der Waals surface area contributed by atoms with Crippen molar-refractivity contribution >= 4 is 0 Å². The Morgan fingerprint density at radius 3 is 2.39 bits per heavy atom. The van der Waals surface area contributed by atoms with Crippen molar-refractivity contribution in [2.75, 3.05) is 13.6 Å². The van der Waals surface area contributed by atoms with Gasteiger partial charge < -0.3 is 10.6 Å². The molecule has 1 atom stereocenters. The van der Waals surface area contributed by atoms with Crippen molar-refractivity contribution in [3.05, 3.63) is 35.9 Å². The van der Waals surface area contributed by atoms with Gasteiger partial charge in [-0.15, -0.1) is 0 Å². The molecule has 1 aromatic carbocycles. The van der Waals surface area contributed by atoms with Crippen LogP contribution in [0, 0.1) is 5.41 Å². The molecule has 1 unspecified atom stereocenters. The molecule has 2 nitrogen and oxygen atoms in total. The molecule has 0 amide bonds. The van der Waals surface area contributed by atoms with E-state index in [1.165, 1.54) is 24.8 Å². The van der Waals surface area contributed by atoms with E-state index in [1.807, 2.05) is 6.07 Å². The predicted octanol–water partition coefficient (Wildman–Crippen LogP) is 3.20. The quantitative estimate of drug-likeness (QED) is 0.864. The number of nitrogens with zero attached hydrogens (tertiary/aromatic N) is 1. The van der Waals surface area contributed by atoms with E-state index in [0.29, 0.717) is 0 Å². The van der Waals surface area contributed by atoms with Gasteiger partial charge in [-0.3, -0.25) is 0 Å². The summed E-state index contributed by atoms with van der Waals surface area (Å²) in [6.07, 6.45) is 4.10. The highest BCUT2D eigenvalue weighted by atomic mass is 15.1. The molecule has 1 aliphatic rings. The molecule has 2 N–H and O–H groups in total. The molecular formula is C16H26N2. The first-order valence-corrected chi connectivity index (χ1v) is 7.01. The van der Waals surface area contributed by atoms with Gasteiger partial charge in [0.05, 0.1) is 0 Å². The van der Waals surface area contributed by atoms with Crippen LogP contribution in [0.25, 0.3) is 0 Å². The van der Waals surface area contributed by atoms with Gasteiger partial charge >= 0.3 is 0 Å². The maximum Gasteiger partial charge on any atom is 0.0359 e. The third-order valence-electron chi connectivity index (χ3n) is 4.36. The van der Waals surface area contributed by atoms with E-state index in [-0.39, 0.29) is 11.5 Å². The lowest BCUT2D eigenvalue weighted by atomic mass is 9.79. The van der Waals surface area contributed by atoms with E-state index in [2.05, 4.69) is 50.1 Å². The van der Waals surface area contributed by atoms with Crippen LogP contribution in [0.2, 0.25) is 0 Å². The Morgan fingerprint density at radius 1 is 1.28 bits per heavy atom. The molecule has 0 aliphatic heterocycles. The highest BCUT2D eigenvalue weighted by molar-refractivity contribution is 5.20. The number of rotatable bonds is 5. The number of hydrogen-bond acceptors (Lipinski definition) is 2. The average Bonchev–Trinajstić information content (AvgIpc) is 2.26. The molecule has 0 heterocycles. The van der Waals surface area contributed by atoms with Crippen LogP contribution in [-0.4, -0.2) is 24.5 Å². The van der Waals surface area contributed by atoms with E-state index in [4.69, 9.17) is 5.73 Å². The molecule has 0 saturated heterocycles. The Hall–Kier alpha value is -0.860. The SMILES string of the molecule is CN(CC(C)(C)C(N)c1ccccc1)C1CCC1. The molecule has 0 bridgehead atoms. The second kappa shape index (κ2) is 5.41. The Bertz CT molecular complexity index is 368. The van der Waals surface area contributed by atoms with Gasteiger partial charge in [0, 0.05) is 18.6 Å². The average molecular weight is 246 g/mol. The van der Waals surface area contributed by atoms with E-state index in [1.54, 1.807) is 0 Å². The van der Waals surface area contributed by atoms with Gasteiger partial charge in [-0.2, -0.15) is 0 Å². The smallest absolute Gasteiger partial charge is 0.0359 e. The zero-order chi connectivity index (χ0) is 13.2. The lowest BCUT2D eigenvalue weighted by Gasteiger charge is -2.42. The van der Waals surface area contributed by atoms with Crippen molar-refractivity contribution in [2.45, 2.75) is 45.2 Å². The molecule has 1 fully saturated rings. The minimum atomic E-state index is 0.0984. The normalized spacial score (nSPS) is 18.7. The van der Waals surface area contributed by atoms with E-state index < -0.39 is 0 Å². The molecule has 0 aromatic heterocycles. The van der Waals surface area contributed by atoms with Crippen LogP contribution in [-0.2, 0) is 0 Å². The lowest BCUT2D eigenvalue weighted by molar-refractivity contribution is 0.0958. The largest absolute Gasteiger partial charge is 0.323 e. The number of nitrogens with two attached hydrogens (primary N) is 1. The molecule has 1 aliphatic carbocycles. The molecular weight excluding hydrogens is 220 g/mol. The topological polar surface area (TPSA) is 29.3 Å². The summed E-state index contributed by atoms with van der Waals surface area (Å²) in [6, 6.07) is 11.3. The highest BCUT2D eigenvalue weighted by Gasteiger charge is 2.32. The third-order valence-corrected chi connectivity index (χ3v) is 4.36. The Labute approximate surface area is 111 Å². The molecule has 1 aromatic rings. The van der Waals surface area contributed by atoms with Crippen LogP contribution in [0.3, 0.4) is 0 Å². The summed E-state index contributed by atoms with van der Waals surface area (Å²) in [5.74, 6) is 0. The van der Waals surface area contributed by atoms with Crippen molar-refractivity contribution in [1.82, 2.24) is 4.90 Å². The maximum atomic E-state index is 6.45. The first-order valence-electron chi connectivity index (χ1n) is 7.01. The first kappa shape index (κ1) is 13.6. The summed E-state index contributed by atoms with van der Waals surface area (Å²) >= 11 is 0. The first-order chi connectivity index (χ1) is 8.50. The lowest BCUT2D eigenvalue weighted by Crippen LogP contribution is -2.45. The minimum absolute atomic E-state index is 0.0984. The summed E-state index contributed by atoms with van der Waals surface area (Å²) in [5.41, 5.74) is 7.80. The second-order valence-corrected chi connectivity index (χ2v) is 6.38. The molecule has 100 valence electrons. The zero-order valence-corrected chi connectivity index (χ0v) is 11.9. The summed E-state index contributed by atoms with van der Waals surface area (Å²) < 4.78 is 0. The van der Waals surface area contributed by atoms with E-state index in [9.17, 15) is 0 Å². The van der Waals surface area contributed by atoms with E-state index in [0.717, 1.165) is 12.6 Å². The van der Waals surface area contributed by atoms with Crippen LogP contribution in [0.15, 0.2) is 30.3 Å². The molecule has 0 radical (unpaired) electrons. The fourth-order valence-electron chi connectivity index (χ4n) is 2.81. The van der Waals surface area contributed by atoms with Crippen LogP contribution in [0.5, 0.6) is 0 Å². The standard InChI is InChI=1S/C16H26N2/c1-16(2,12-18(3)14-10-7-11-14)15(17)13-8-5-4-6-9-13/h4-6,8-9,14-15H,7,10-12,17H2,1-3H3. The second-order valence-electron chi connectivity index (χ2n) is 6.38. The summed E-state index contributed by atoms with van der Waals surface area (Å²) in [7, 11) is 2.24. The summed E-state index contributed by atoms with van der Waals surface area (Å²) in [5, 5.41) is 0. The monoisotopic (exact) mass is 246 g/mol. The Balaban J connectivity index is 2.00. The van der Waals surface area contributed by atoms with Crippen LogP contribution in [0.4, 0.5) is 0 Å². The summed E-state index contributed by atoms with van der Waals surface area (Å²) in [4.78, 5) is 2.49. The van der Waals surface area contributed by atoms with Gasteiger partial charge in [0.2, 0.25) is 0 Å². The van der Waals surface area contributed by atoms with Gasteiger partial charge in [0.15, 0.2) is 0 Å². The van der Waals surface area contributed by atoms with Gasteiger partial charge in [0.25, 0.3) is 0 Å². The molecule has 0 spiro atoms. The van der Waals surface area contributed by atoms with Crippen LogP contribution < -0.4 is 5.73 Å². The Kier molecular flexibility index (Phi) is 4.08. The maximum absolute atomic E-state index is 6.45. The van der Waals surface area contributed by atoms with E-state index >= 15 is 0 Å². The molecule has 1 saturated carbocycles. The van der Waals surface area contributed by atoms with Crippen LogP contribution >= 0.6 is 0 Å². The van der Waals surface area contributed by atoms with Gasteiger partial charge in [-0.1, -0.05) is 50.6 Å². The van der Waals surface area contributed by atoms with Crippen molar-refractivity contribution in [2.24, 2.45) is 11.1 Å². The van der Waals surface area contributed by atoms with Crippen molar-refractivity contribution in [1.29, 1.82) is 0 Å². The fourth-order valence-corrected chi connectivity index (χ4v) is 2.81. The number of benzene rings is 1. The third kappa shape index (κ3) is 2.93. The van der Waals surface area contributed by atoms with Gasteiger partial charge in [-0.25, -0.2) is 0 Å². The predicted molar refractivity (Wildman–Crippen MR) is 77.4 cm³/mol. The van der Waals surface area contributed by atoms with Gasteiger partial charge in [-0.05, 0) is 30.9 Å². The minimum Gasteiger partial charge on any atom is -0.323 e. The van der Waals surface area contributed by atoms with Crippen molar-refractivity contribution in [3.8, 4) is 0 Å². The van der Waals surface area contributed by atoms with Gasteiger partial charge in [0.1, 0.15) is 0 Å². The zero-order valence-electron chi connectivity index (χ0n) is 11.9. The molecule has 2 heteroatoms. The fraction of sp³-hybridized carbons (Fsp3) is 0.625. The summed E-state index contributed by atoms with van der Waals surface area (Å²) in [6.45, 7) is 5.62. The van der Waals surface area contributed by atoms with Crippen molar-refractivity contribution in [3.63, 3.8) is 0 Å².